The van der Waals surface area contributed by atoms with E-state index in [4.69, 9.17) is 4.79 Å². The molecule has 0 bridgehead atoms. The number of carbonyl (C=O) groups excluding carboxylic acids is 3. The molecule has 1 N–H and O–H groups in total. The molecule has 0 aromatic heterocycles. The van der Waals surface area contributed by atoms with Gasteiger partial charge in [-0.2, -0.15) is 0 Å². The summed E-state index contributed by atoms with van der Waals surface area (Å²) in [6, 6.07) is 4.59. The second-order valence-corrected chi connectivity index (χ2v) is 6.67. The molecule has 6 nitrogen and oxygen atoms in total. The molecule has 2 amide bonds. The third-order valence-electron chi connectivity index (χ3n) is 4.55. The number of carbonyl (C=O) groups is 3. The minimum Gasteiger partial charge on any atom is -0.388 e. The number of hydrogen-bond acceptors (Lipinski definition) is 4. The van der Waals surface area contributed by atoms with Crippen molar-refractivity contribution in [2.24, 2.45) is 5.92 Å². The maximum Gasteiger partial charge on any atom is 0.227 e. The molecule has 3 rings (SSSR count). The Morgan fingerprint density at radius 1 is 1.22 bits per heavy atom. The highest BCUT2D eigenvalue weighted by atomic mass is 19.1. The van der Waals surface area contributed by atoms with Crippen LogP contribution in [0.3, 0.4) is 0 Å². The summed E-state index contributed by atoms with van der Waals surface area (Å²) >= 11 is 0. The van der Waals surface area contributed by atoms with Crippen LogP contribution >= 0.6 is 0 Å². The number of nitrogens with zero attached hydrogens (tertiary/aromatic N) is 1. The number of halogens is 1. The molecule has 1 heterocycles. The Balaban J connectivity index is 0. The maximum atomic E-state index is 13.7. The molecule has 1 aliphatic heterocycles. The molecule has 0 spiro atoms. The Kier molecular flexibility index (Phi) is 20.1. The van der Waals surface area contributed by atoms with E-state index in [1.807, 2.05) is 46.8 Å². The summed E-state index contributed by atoms with van der Waals surface area (Å²) in [4.78, 5) is 32.7. The van der Waals surface area contributed by atoms with E-state index < -0.39 is 5.82 Å². The zero-order valence-corrected chi connectivity index (χ0v) is 20.5. The molecule has 0 saturated heterocycles. The van der Waals surface area contributed by atoms with E-state index in [2.05, 4.69) is 10.1 Å². The first-order valence-corrected chi connectivity index (χ1v) is 11.3. The van der Waals surface area contributed by atoms with Gasteiger partial charge in [-0.25, -0.2) is 4.39 Å². The monoisotopic (exact) mass is 452 g/mol. The van der Waals surface area contributed by atoms with Crippen molar-refractivity contribution in [3.8, 4) is 0 Å². The van der Waals surface area contributed by atoms with Crippen molar-refractivity contribution in [2.45, 2.75) is 72.3 Å². The van der Waals surface area contributed by atoms with Gasteiger partial charge in [0.1, 0.15) is 12.6 Å². The van der Waals surface area contributed by atoms with Gasteiger partial charge in [-0.3, -0.25) is 9.59 Å². The zero-order chi connectivity index (χ0) is 24.9. The van der Waals surface area contributed by atoms with E-state index in [0.29, 0.717) is 12.8 Å². The first-order valence-electron chi connectivity index (χ1n) is 11.3. The molecule has 7 heteroatoms. The van der Waals surface area contributed by atoms with Crippen LogP contribution in [0.1, 0.15) is 77.8 Å². The molecule has 1 atom stereocenters. The van der Waals surface area contributed by atoms with Crippen molar-refractivity contribution >= 4 is 24.8 Å². The van der Waals surface area contributed by atoms with Gasteiger partial charge < -0.3 is 19.7 Å². The maximum absolute atomic E-state index is 13.7. The van der Waals surface area contributed by atoms with Gasteiger partial charge in [0.25, 0.3) is 0 Å². The smallest absolute Gasteiger partial charge is 0.227 e. The summed E-state index contributed by atoms with van der Waals surface area (Å²) in [7, 11) is 3.25. The van der Waals surface area contributed by atoms with Gasteiger partial charge in [-0.05, 0) is 42.9 Å². The van der Waals surface area contributed by atoms with Gasteiger partial charge in [0, 0.05) is 26.8 Å². The Labute approximate surface area is 193 Å². The fraction of sp³-hybridized carbons (Fsp3) is 0.560. The third kappa shape index (κ3) is 11.7. The molecule has 1 unspecified atom stereocenters. The minimum absolute atomic E-state index is 0.0996. The average Bonchev–Trinajstić information content (AvgIpc) is 3.66. The fourth-order valence-corrected chi connectivity index (χ4v) is 3.08. The van der Waals surface area contributed by atoms with Crippen LogP contribution in [0, 0.1) is 11.7 Å². The van der Waals surface area contributed by atoms with Crippen LogP contribution in [0.15, 0.2) is 30.5 Å². The number of benzene rings is 1. The highest BCUT2D eigenvalue weighted by molar-refractivity contribution is 5.79. The molecule has 32 heavy (non-hydrogen) atoms. The number of nitrogens with one attached hydrogen (secondary N) is 1. The Morgan fingerprint density at radius 3 is 2.31 bits per heavy atom. The van der Waals surface area contributed by atoms with E-state index >= 15 is 0 Å². The Hall–Kier alpha value is -2.54. The van der Waals surface area contributed by atoms with Gasteiger partial charge in [0.15, 0.2) is 0 Å². The first kappa shape index (κ1) is 31.6. The Morgan fingerprint density at radius 2 is 1.81 bits per heavy atom. The molecule has 1 fully saturated rings. The van der Waals surface area contributed by atoms with Crippen LogP contribution < -0.4 is 5.32 Å². The van der Waals surface area contributed by atoms with E-state index in [1.165, 1.54) is 18.9 Å². The summed E-state index contributed by atoms with van der Waals surface area (Å²) in [6.45, 7) is 10.0. The number of anilines is 1. The van der Waals surface area contributed by atoms with Crippen molar-refractivity contribution in [2.75, 3.05) is 19.5 Å². The second-order valence-electron chi connectivity index (χ2n) is 6.67. The predicted molar refractivity (Wildman–Crippen MR) is 129 cm³/mol. The molecule has 1 saturated carbocycles. The summed E-state index contributed by atoms with van der Waals surface area (Å²) < 4.78 is 18.0. The van der Waals surface area contributed by atoms with E-state index in [9.17, 15) is 14.0 Å². The van der Waals surface area contributed by atoms with Crippen molar-refractivity contribution in [3.05, 3.63) is 41.9 Å². The number of rotatable bonds is 7. The molecule has 182 valence electrons. The number of methoxy groups -OCH3 is 1. The zero-order valence-electron chi connectivity index (χ0n) is 20.5. The summed E-state index contributed by atoms with van der Waals surface area (Å²) in [6.07, 6.45) is 10.0. The SMILES string of the molecule is C=O.CC.CC.COC.O=CNc1cc(C(CCC2CC2)N2C=CCCC2=O)ccc1F. The molecule has 2 aliphatic rings. The number of ether oxygens (including phenoxy) is 1. The summed E-state index contributed by atoms with van der Waals surface area (Å²) in [5.74, 6) is 0.388. The molecule has 1 aromatic carbocycles. The third-order valence-corrected chi connectivity index (χ3v) is 4.55. The average molecular weight is 453 g/mol. The molecule has 1 aliphatic carbocycles. The normalized spacial score (nSPS) is 14.6. The van der Waals surface area contributed by atoms with Crippen molar-refractivity contribution < 1.29 is 23.5 Å². The van der Waals surface area contributed by atoms with E-state index in [-0.39, 0.29) is 17.6 Å². The predicted octanol–water partition coefficient (Wildman–Crippen LogP) is 5.89. The number of hydrogen-bond donors (Lipinski definition) is 1. The standard InChI is InChI=1S/C18H21FN2O2.C2H6O.2C2H6.CH2O/c19-15-8-7-14(11-16(15)20-12-22)17(9-6-13-4-5-13)21-10-2-1-3-18(21)23;1-3-2;3*1-2/h2,7-8,10-13,17H,1,3-6,9H2,(H,20,22);1-2H3;2*1-2H3;1H2. The topological polar surface area (TPSA) is 75.7 Å². The molecular formula is C25H41FN2O4. The summed E-state index contributed by atoms with van der Waals surface area (Å²) in [5.41, 5.74) is 1.01. The minimum atomic E-state index is -0.470. The largest absolute Gasteiger partial charge is 0.388 e. The van der Waals surface area contributed by atoms with Gasteiger partial charge >= 0.3 is 0 Å². The van der Waals surface area contributed by atoms with Gasteiger partial charge in [-0.1, -0.05) is 52.7 Å². The quantitative estimate of drug-likeness (QED) is 0.523. The van der Waals surface area contributed by atoms with Gasteiger partial charge in [0.05, 0.1) is 11.7 Å². The lowest BCUT2D eigenvalue weighted by atomic mass is 9.97. The number of allylic oxidation sites excluding steroid dienone is 1. The van der Waals surface area contributed by atoms with Crippen LogP contribution in [-0.4, -0.2) is 38.2 Å². The van der Waals surface area contributed by atoms with E-state index in [0.717, 1.165) is 30.7 Å². The molecular weight excluding hydrogens is 411 g/mol. The van der Waals surface area contributed by atoms with Crippen LogP contribution in [-0.2, 0) is 19.1 Å². The van der Waals surface area contributed by atoms with Crippen LogP contribution in [0.5, 0.6) is 0 Å². The first-order chi connectivity index (χ1) is 15.6. The molecule has 1 aromatic rings. The van der Waals surface area contributed by atoms with Gasteiger partial charge in [-0.15, -0.1) is 0 Å². The van der Waals surface area contributed by atoms with Crippen LogP contribution in [0.2, 0.25) is 0 Å². The number of amides is 2. The van der Waals surface area contributed by atoms with Crippen LogP contribution in [0.25, 0.3) is 0 Å². The second kappa shape index (κ2) is 20.4. The highest BCUT2D eigenvalue weighted by Gasteiger charge is 2.29. The highest BCUT2D eigenvalue weighted by Crippen LogP contribution is 2.38. The van der Waals surface area contributed by atoms with Crippen molar-refractivity contribution in [1.29, 1.82) is 0 Å². The lowest BCUT2D eigenvalue weighted by Crippen LogP contribution is -2.32. The lowest BCUT2D eigenvalue weighted by Gasteiger charge is -2.31. The van der Waals surface area contributed by atoms with Crippen molar-refractivity contribution in [3.63, 3.8) is 0 Å². The lowest BCUT2D eigenvalue weighted by molar-refractivity contribution is -0.131. The Bertz CT molecular complexity index is 663. The van der Waals surface area contributed by atoms with E-state index in [1.54, 1.807) is 31.3 Å². The van der Waals surface area contributed by atoms with Gasteiger partial charge in [0.2, 0.25) is 12.3 Å². The van der Waals surface area contributed by atoms with Crippen molar-refractivity contribution in [1.82, 2.24) is 4.90 Å². The summed E-state index contributed by atoms with van der Waals surface area (Å²) in [5, 5.41) is 2.39. The van der Waals surface area contributed by atoms with Crippen LogP contribution in [0.4, 0.5) is 10.1 Å². The fourth-order valence-electron chi connectivity index (χ4n) is 3.08. The molecule has 0 radical (unpaired) electrons.